The van der Waals surface area contributed by atoms with Crippen LogP contribution in [0.25, 0.3) is 0 Å². The second-order valence-electron chi connectivity index (χ2n) is 10.6. The predicted octanol–water partition coefficient (Wildman–Crippen LogP) is 5.68. The van der Waals surface area contributed by atoms with Crippen LogP contribution in [-0.2, 0) is 45.4 Å². The molecule has 4 aromatic rings. The second kappa shape index (κ2) is 16.3. The standard InChI is InChI=1S/C36H41NO5/c38-22-21-32(39-24-28-13-5-1-6-14-28)34-36(42-27-31-19-11-4-12-20-31)35(41-26-30-17-9-3-10-18-30)33(23-37-34)40-25-29-15-7-2-8-16-29/h1-20,32-38H,21-27H2/t32-,33-,34+,35+,36+/m0/s1. The molecule has 6 nitrogen and oxygen atoms in total. The third-order valence-corrected chi connectivity index (χ3v) is 7.60. The van der Waals surface area contributed by atoms with Crippen LogP contribution in [0.1, 0.15) is 28.7 Å². The highest BCUT2D eigenvalue weighted by Crippen LogP contribution is 2.27. The van der Waals surface area contributed by atoms with E-state index < -0.39 is 6.10 Å². The highest BCUT2D eigenvalue weighted by Gasteiger charge is 2.45. The average Bonchev–Trinajstić information content (AvgIpc) is 3.06. The average molecular weight is 568 g/mol. The lowest BCUT2D eigenvalue weighted by Crippen LogP contribution is -2.65. The lowest BCUT2D eigenvalue weighted by Gasteiger charge is -2.45. The molecular weight excluding hydrogens is 526 g/mol. The van der Waals surface area contributed by atoms with E-state index in [0.29, 0.717) is 39.4 Å². The summed E-state index contributed by atoms with van der Waals surface area (Å²) in [5.41, 5.74) is 4.35. The summed E-state index contributed by atoms with van der Waals surface area (Å²) in [5.74, 6) is 0. The maximum atomic E-state index is 10.0. The van der Waals surface area contributed by atoms with Crippen LogP contribution in [-0.4, -0.2) is 48.7 Å². The van der Waals surface area contributed by atoms with Crippen molar-refractivity contribution >= 4 is 0 Å². The van der Waals surface area contributed by atoms with Crippen LogP contribution >= 0.6 is 0 Å². The van der Waals surface area contributed by atoms with E-state index in [1.807, 2.05) is 84.9 Å². The van der Waals surface area contributed by atoms with Crippen molar-refractivity contribution in [1.29, 1.82) is 0 Å². The summed E-state index contributed by atoms with van der Waals surface area (Å²) in [6.45, 7) is 2.35. The first-order chi connectivity index (χ1) is 20.8. The molecule has 220 valence electrons. The highest BCUT2D eigenvalue weighted by atomic mass is 16.6. The van der Waals surface area contributed by atoms with Crippen molar-refractivity contribution in [2.45, 2.75) is 63.3 Å². The molecule has 1 saturated heterocycles. The minimum Gasteiger partial charge on any atom is -0.396 e. The molecule has 1 fully saturated rings. The smallest absolute Gasteiger partial charge is 0.113 e. The molecule has 2 N–H and O–H groups in total. The van der Waals surface area contributed by atoms with Gasteiger partial charge in [-0.1, -0.05) is 121 Å². The molecule has 0 unspecified atom stereocenters. The predicted molar refractivity (Wildman–Crippen MR) is 164 cm³/mol. The van der Waals surface area contributed by atoms with E-state index in [1.165, 1.54) is 0 Å². The summed E-state index contributed by atoms with van der Waals surface area (Å²) in [7, 11) is 0. The van der Waals surface area contributed by atoms with Gasteiger partial charge in [-0.15, -0.1) is 0 Å². The monoisotopic (exact) mass is 567 g/mol. The van der Waals surface area contributed by atoms with Gasteiger partial charge < -0.3 is 29.4 Å². The van der Waals surface area contributed by atoms with Gasteiger partial charge in [-0.2, -0.15) is 0 Å². The molecule has 1 aliphatic heterocycles. The van der Waals surface area contributed by atoms with Crippen molar-refractivity contribution in [3.8, 4) is 0 Å². The van der Waals surface area contributed by atoms with Gasteiger partial charge >= 0.3 is 0 Å². The Bertz CT molecular complexity index is 1280. The molecule has 1 aliphatic rings. The molecule has 42 heavy (non-hydrogen) atoms. The van der Waals surface area contributed by atoms with E-state index in [2.05, 4.69) is 41.7 Å². The minimum absolute atomic E-state index is 0.00646. The number of nitrogens with one attached hydrogen (secondary N) is 1. The van der Waals surface area contributed by atoms with Crippen LogP contribution < -0.4 is 5.32 Å². The van der Waals surface area contributed by atoms with E-state index in [0.717, 1.165) is 22.3 Å². The Labute approximate surface area is 249 Å². The molecule has 0 radical (unpaired) electrons. The fourth-order valence-electron chi connectivity index (χ4n) is 5.38. The van der Waals surface area contributed by atoms with Crippen LogP contribution in [0.4, 0.5) is 0 Å². The van der Waals surface area contributed by atoms with Gasteiger partial charge in [0.05, 0.1) is 44.7 Å². The Morgan fingerprint density at radius 1 is 0.571 bits per heavy atom. The quantitative estimate of drug-likeness (QED) is 0.193. The van der Waals surface area contributed by atoms with Gasteiger partial charge in [-0.05, 0) is 28.7 Å². The van der Waals surface area contributed by atoms with Crippen LogP contribution in [0.5, 0.6) is 0 Å². The molecule has 4 aromatic carbocycles. The van der Waals surface area contributed by atoms with Crippen molar-refractivity contribution in [3.63, 3.8) is 0 Å². The number of piperidine rings is 1. The van der Waals surface area contributed by atoms with Gasteiger partial charge in [0, 0.05) is 13.2 Å². The molecule has 0 aromatic heterocycles. The summed E-state index contributed by atoms with van der Waals surface area (Å²) in [4.78, 5) is 0. The lowest BCUT2D eigenvalue weighted by atomic mass is 9.90. The molecule has 0 aliphatic carbocycles. The molecular formula is C36H41NO5. The van der Waals surface area contributed by atoms with Crippen LogP contribution in [0.3, 0.4) is 0 Å². The van der Waals surface area contributed by atoms with Crippen molar-refractivity contribution in [2.24, 2.45) is 0 Å². The van der Waals surface area contributed by atoms with Gasteiger partial charge in [0.2, 0.25) is 0 Å². The number of aliphatic hydroxyl groups is 1. The summed E-state index contributed by atoms with van der Waals surface area (Å²) < 4.78 is 26.4. The van der Waals surface area contributed by atoms with Crippen molar-refractivity contribution in [3.05, 3.63) is 144 Å². The van der Waals surface area contributed by atoms with Crippen molar-refractivity contribution in [1.82, 2.24) is 5.32 Å². The summed E-state index contributed by atoms with van der Waals surface area (Å²) >= 11 is 0. The SMILES string of the molecule is OCC[C@H](OCc1ccccc1)[C@H]1NC[C@H](OCc2ccccc2)[C@@H](OCc2ccccc2)[C@@H]1OCc1ccccc1. The van der Waals surface area contributed by atoms with Gasteiger partial charge in [0.25, 0.3) is 0 Å². The van der Waals surface area contributed by atoms with E-state index in [-0.39, 0.29) is 31.0 Å². The molecule has 0 bridgehead atoms. The Hall–Kier alpha value is -3.36. The fraction of sp³-hybridized carbons (Fsp3) is 0.333. The van der Waals surface area contributed by atoms with E-state index in [1.54, 1.807) is 0 Å². The van der Waals surface area contributed by atoms with Gasteiger partial charge in [-0.3, -0.25) is 0 Å². The topological polar surface area (TPSA) is 69.2 Å². The van der Waals surface area contributed by atoms with Gasteiger partial charge in [0.15, 0.2) is 0 Å². The highest BCUT2D eigenvalue weighted by molar-refractivity contribution is 5.17. The maximum Gasteiger partial charge on any atom is 0.113 e. The summed E-state index contributed by atoms with van der Waals surface area (Å²) in [5, 5.41) is 13.7. The fourth-order valence-corrected chi connectivity index (χ4v) is 5.38. The first-order valence-corrected chi connectivity index (χ1v) is 14.8. The Morgan fingerprint density at radius 2 is 1.00 bits per heavy atom. The summed E-state index contributed by atoms with van der Waals surface area (Å²) in [6.07, 6.45) is -0.846. The Morgan fingerprint density at radius 3 is 1.48 bits per heavy atom. The minimum atomic E-state index is -0.393. The number of hydrogen-bond donors (Lipinski definition) is 2. The van der Waals surface area contributed by atoms with Crippen LogP contribution in [0.2, 0.25) is 0 Å². The molecule has 6 heteroatoms. The zero-order chi connectivity index (χ0) is 28.8. The lowest BCUT2D eigenvalue weighted by molar-refractivity contribution is -0.191. The van der Waals surface area contributed by atoms with Crippen molar-refractivity contribution < 1.29 is 24.1 Å². The largest absolute Gasteiger partial charge is 0.396 e. The normalized spacial score (nSPS) is 21.2. The number of hydrogen-bond acceptors (Lipinski definition) is 6. The molecule has 5 atom stereocenters. The van der Waals surface area contributed by atoms with Crippen LogP contribution in [0, 0.1) is 0 Å². The van der Waals surface area contributed by atoms with Gasteiger partial charge in [-0.25, -0.2) is 0 Å². The maximum absolute atomic E-state index is 10.0. The second-order valence-corrected chi connectivity index (χ2v) is 10.6. The first-order valence-electron chi connectivity index (χ1n) is 14.8. The molecule has 0 saturated carbocycles. The van der Waals surface area contributed by atoms with E-state index in [9.17, 15) is 5.11 Å². The van der Waals surface area contributed by atoms with Crippen molar-refractivity contribution in [2.75, 3.05) is 13.2 Å². The number of ether oxygens (including phenoxy) is 4. The molecule has 0 spiro atoms. The van der Waals surface area contributed by atoms with Crippen LogP contribution in [0.15, 0.2) is 121 Å². The van der Waals surface area contributed by atoms with E-state index >= 15 is 0 Å². The number of benzene rings is 4. The third-order valence-electron chi connectivity index (χ3n) is 7.60. The van der Waals surface area contributed by atoms with Gasteiger partial charge in [0.1, 0.15) is 12.2 Å². The third kappa shape index (κ3) is 8.82. The summed E-state index contributed by atoms with van der Waals surface area (Å²) in [6, 6.07) is 40.4. The first kappa shape index (κ1) is 30.1. The molecule has 0 amide bonds. The van der Waals surface area contributed by atoms with E-state index in [4.69, 9.17) is 18.9 Å². The Kier molecular flexibility index (Phi) is 11.7. The Balaban J connectivity index is 1.40. The zero-order valence-corrected chi connectivity index (χ0v) is 24.0. The molecule has 5 rings (SSSR count). The zero-order valence-electron chi connectivity index (χ0n) is 24.0. The number of aliphatic hydroxyl groups excluding tert-OH is 1. The molecule has 1 heterocycles. The number of rotatable bonds is 15.